The molecule has 0 aliphatic carbocycles. The number of hydrogen-bond donors (Lipinski definition) is 1. The summed E-state index contributed by atoms with van der Waals surface area (Å²) in [5, 5.41) is 16.5. The van der Waals surface area contributed by atoms with Gasteiger partial charge in [0.25, 0.3) is 0 Å². The first-order chi connectivity index (χ1) is 7.00. The molecule has 0 radical (unpaired) electrons. The van der Waals surface area contributed by atoms with Gasteiger partial charge in [-0.15, -0.1) is 10.2 Å². The Morgan fingerprint density at radius 2 is 2.20 bits per heavy atom. The van der Waals surface area contributed by atoms with Crippen molar-refractivity contribution in [3.05, 3.63) is 12.2 Å². The fourth-order valence-electron chi connectivity index (χ4n) is 1.53. The maximum Gasteiger partial charge on any atom is 0.303 e. The normalized spacial score (nSPS) is 13.1. The van der Waals surface area contributed by atoms with Crippen molar-refractivity contribution in [1.82, 2.24) is 14.8 Å². The van der Waals surface area contributed by atoms with Crippen LogP contribution in [-0.4, -0.2) is 25.8 Å². The van der Waals surface area contributed by atoms with Gasteiger partial charge in [0, 0.05) is 18.9 Å². The van der Waals surface area contributed by atoms with Crippen molar-refractivity contribution >= 4 is 5.97 Å². The Kier molecular flexibility index (Phi) is 3.82. The summed E-state index contributed by atoms with van der Waals surface area (Å²) < 4.78 is 1.97. The van der Waals surface area contributed by atoms with Gasteiger partial charge >= 0.3 is 5.97 Å². The van der Waals surface area contributed by atoms with Gasteiger partial charge < -0.3 is 9.67 Å². The van der Waals surface area contributed by atoms with Crippen LogP contribution in [0.2, 0.25) is 0 Å². The van der Waals surface area contributed by atoms with Crippen LogP contribution < -0.4 is 0 Å². The number of carboxylic acid groups (broad SMARTS) is 1. The molecule has 1 heterocycles. The molecule has 1 aromatic heterocycles. The summed E-state index contributed by atoms with van der Waals surface area (Å²) in [5.41, 5.74) is 0. The molecule has 0 aromatic carbocycles. The minimum absolute atomic E-state index is 0.0872. The Morgan fingerprint density at radius 3 is 2.73 bits per heavy atom. The fraction of sp³-hybridized carbons (Fsp3) is 0.700. The lowest BCUT2D eigenvalue weighted by atomic mass is 10.0. The van der Waals surface area contributed by atoms with Gasteiger partial charge in [-0.3, -0.25) is 4.79 Å². The highest BCUT2D eigenvalue weighted by Crippen LogP contribution is 2.13. The summed E-state index contributed by atoms with van der Waals surface area (Å²) in [6.07, 6.45) is 2.52. The summed E-state index contributed by atoms with van der Waals surface area (Å²) in [4.78, 5) is 10.5. The van der Waals surface area contributed by atoms with Gasteiger partial charge in [0.2, 0.25) is 0 Å². The van der Waals surface area contributed by atoms with Crippen LogP contribution in [0.1, 0.15) is 39.1 Å². The molecule has 1 rings (SSSR count). The number of hydrogen-bond acceptors (Lipinski definition) is 3. The molecule has 0 aliphatic heterocycles. The summed E-state index contributed by atoms with van der Waals surface area (Å²) in [6, 6.07) is 0.312. The molecule has 1 aromatic rings. The van der Waals surface area contributed by atoms with E-state index in [-0.39, 0.29) is 12.3 Å². The molecule has 0 amide bonds. The average Bonchev–Trinajstić information content (AvgIpc) is 2.50. The third kappa shape index (κ3) is 3.34. The molecule has 0 saturated carbocycles. The Labute approximate surface area is 89.1 Å². The van der Waals surface area contributed by atoms with Crippen LogP contribution in [0.5, 0.6) is 0 Å². The minimum Gasteiger partial charge on any atom is -0.481 e. The summed E-state index contributed by atoms with van der Waals surface area (Å²) >= 11 is 0. The average molecular weight is 211 g/mol. The number of carboxylic acids is 1. The van der Waals surface area contributed by atoms with E-state index < -0.39 is 5.97 Å². The molecule has 84 valence electrons. The Hall–Kier alpha value is -1.39. The van der Waals surface area contributed by atoms with Gasteiger partial charge in [0.1, 0.15) is 12.2 Å². The van der Waals surface area contributed by atoms with Gasteiger partial charge in [0.05, 0.1) is 0 Å². The van der Waals surface area contributed by atoms with Crippen LogP contribution in [-0.2, 0) is 11.2 Å². The molecular formula is C10H17N3O2. The third-order valence-corrected chi connectivity index (χ3v) is 2.26. The van der Waals surface area contributed by atoms with Crippen LogP contribution in [0.4, 0.5) is 0 Å². The van der Waals surface area contributed by atoms with Gasteiger partial charge in [-0.1, -0.05) is 6.92 Å². The zero-order valence-electron chi connectivity index (χ0n) is 9.34. The molecule has 1 atom stereocenters. The van der Waals surface area contributed by atoms with Crippen LogP contribution in [0.15, 0.2) is 6.33 Å². The van der Waals surface area contributed by atoms with Crippen LogP contribution >= 0.6 is 0 Å². The maximum absolute atomic E-state index is 10.5. The number of rotatable bonds is 5. The largest absolute Gasteiger partial charge is 0.481 e. The molecule has 0 aliphatic rings. The van der Waals surface area contributed by atoms with E-state index in [0.29, 0.717) is 12.5 Å². The zero-order chi connectivity index (χ0) is 11.4. The Balaban J connectivity index is 2.63. The second-order valence-electron chi connectivity index (χ2n) is 4.16. The molecule has 1 N–H and O–H groups in total. The van der Waals surface area contributed by atoms with Gasteiger partial charge in [0.15, 0.2) is 0 Å². The quantitative estimate of drug-likeness (QED) is 0.801. The highest BCUT2D eigenvalue weighted by molar-refractivity contribution is 5.66. The van der Waals surface area contributed by atoms with E-state index in [2.05, 4.69) is 24.0 Å². The van der Waals surface area contributed by atoms with Crippen molar-refractivity contribution in [3.8, 4) is 0 Å². The van der Waals surface area contributed by atoms with Gasteiger partial charge in [-0.2, -0.15) is 0 Å². The SMILES string of the molecule is CC(CC(=O)O)Cc1nncn1C(C)C. The third-order valence-electron chi connectivity index (χ3n) is 2.26. The van der Waals surface area contributed by atoms with Crippen LogP contribution in [0.25, 0.3) is 0 Å². The number of aromatic nitrogens is 3. The predicted octanol–water partition coefficient (Wildman–Crippen LogP) is 1.51. The minimum atomic E-state index is -0.766. The van der Waals surface area contributed by atoms with E-state index in [0.717, 1.165) is 5.82 Å². The van der Waals surface area contributed by atoms with E-state index >= 15 is 0 Å². The number of nitrogens with zero attached hydrogens (tertiary/aromatic N) is 3. The molecule has 0 bridgehead atoms. The lowest BCUT2D eigenvalue weighted by Gasteiger charge is -2.12. The van der Waals surface area contributed by atoms with Crippen molar-refractivity contribution in [1.29, 1.82) is 0 Å². The predicted molar refractivity (Wildman–Crippen MR) is 55.5 cm³/mol. The first kappa shape index (κ1) is 11.7. The molecular weight excluding hydrogens is 194 g/mol. The summed E-state index contributed by atoms with van der Waals surface area (Å²) in [6.45, 7) is 6.01. The van der Waals surface area contributed by atoms with Crippen LogP contribution in [0.3, 0.4) is 0 Å². The number of aliphatic carboxylic acids is 1. The highest BCUT2D eigenvalue weighted by atomic mass is 16.4. The smallest absolute Gasteiger partial charge is 0.303 e. The van der Waals surface area contributed by atoms with Crippen molar-refractivity contribution in [2.75, 3.05) is 0 Å². The maximum atomic E-state index is 10.5. The molecule has 0 spiro atoms. The summed E-state index contributed by atoms with van der Waals surface area (Å²) in [7, 11) is 0. The first-order valence-electron chi connectivity index (χ1n) is 5.11. The van der Waals surface area contributed by atoms with E-state index in [1.54, 1.807) is 6.33 Å². The summed E-state index contributed by atoms with van der Waals surface area (Å²) in [5.74, 6) is 0.182. The van der Waals surface area contributed by atoms with Crippen molar-refractivity contribution in [3.63, 3.8) is 0 Å². The van der Waals surface area contributed by atoms with E-state index in [1.807, 2.05) is 11.5 Å². The van der Waals surface area contributed by atoms with Crippen molar-refractivity contribution in [2.24, 2.45) is 5.92 Å². The zero-order valence-corrected chi connectivity index (χ0v) is 9.34. The Morgan fingerprint density at radius 1 is 1.53 bits per heavy atom. The van der Waals surface area contributed by atoms with Crippen molar-refractivity contribution in [2.45, 2.75) is 39.7 Å². The standard InChI is InChI=1S/C10H17N3O2/c1-7(2)13-6-11-12-9(13)4-8(3)5-10(14)15/h6-8H,4-5H2,1-3H3,(H,14,15). The molecule has 1 unspecified atom stereocenters. The first-order valence-corrected chi connectivity index (χ1v) is 5.11. The topological polar surface area (TPSA) is 68.0 Å². The van der Waals surface area contributed by atoms with Crippen LogP contribution in [0, 0.1) is 5.92 Å². The second kappa shape index (κ2) is 4.91. The van der Waals surface area contributed by atoms with Crippen molar-refractivity contribution < 1.29 is 9.90 Å². The molecule has 5 nitrogen and oxygen atoms in total. The Bertz CT molecular complexity index is 333. The molecule has 0 fully saturated rings. The fourth-order valence-corrected chi connectivity index (χ4v) is 1.53. The van der Waals surface area contributed by atoms with E-state index in [4.69, 9.17) is 5.11 Å². The van der Waals surface area contributed by atoms with Gasteiger partial charge in [-0.25, -0.2) is 0 Å². The molecule has 15 heavy (non-hydrogen) atoms. The van der Waals surface area contributed by atoms with E-state index in [1.165, 1.54) is 0 Å². The molecule has 5 heteroatoms. The second-order valence-corrected chi connectivity index (χ2v) is 4.16. The number of carbonyl (C=O) groups is 1. The lowest BCUT2D eigenvalue weighted by Crippen LogP contribution is -2.12. The van der Waals surface area contributed by atoms with E-state index in [9.17, 15) is 4.79 Å². The monoisotopic (exact) mass is 211 g/mol. The lowest BCUT2D eigenvalue weighted by molar-refractivity contribution is -0.137. The highest BCUT2D eigenvalue weighted by Gasteiger charge is 2.13. The molecule has 0 saturated heterocycles. The van der Waals surface area contributed by atoms with Gasteiger partial charge in [-0.05, 0) is 19.8 Å².